The van der Waals surface area contributed by atoms with Gasteiger partial charge in [-0.3, -0.25) is 0 Å². The van der Waals surface area contributed by atoms with Crippen molar-refractivity contribution in [1.82, 2.24) is 14.5 Å². The molecule has 0 radical (unpaired) electrons. The molecule has 2 heterocycles. The summed E-state index contributed by atoms with van der Waals surface area (Å²) in [6.45, 7) is 0. The van der Waals surface area contributed by atoms with Crippen LogP contribution in [0.25, 0.3) is 11.0 Å². The lowest BCUT2D eigenvalue weighted by Crippen LogP contribution is -2.29. The molecule has 18 heavy (non-hydrogen) atoms. The van der Waals surface area contributed by atoms with Crippen molar-refractivity contribution in [2.45, 2.75) is 12.5 Å². The summed E-state index contributed by atoms with van der Waals surface area (Å²) in [5, 5.41) is 11.8. The monoisotopic (exact) mass is 244 g/mol. The van der Waals surface area contributed by atoms with E-state index in [2.05, 4.69) is 21.2 Å². The molecule has 6 nitrogen and oxygen atoms in total. The molecule has 0 aromatic carbocycles. The quantitative estimate of drug-likeness (QED) is 0.780. The second-order valence-electron chi connectivity index (χ2n) is 3.83. The molecule has 2 aromatic rings. The van der Waals surface area contributed by atoms with E-state index in [1.165, 1.54) is 0 Å². The van der Waals surface area contributed by atoms with Gasteiger partial charge in [0, 0.05) is 19.7 Å². The molecule has 2 aromatic heterocycles. The average molecular weight is 244 g/mol. The van der Waals surface area contributed by atoms with Crippen molar-refractivity contribution in [3.63, 3.8) is 0 Å². The van der Waals surface area contributed by atoms with Gasteiger partial charge < -0.3 is 15.0 Å². The SMILES string of the molecule is C#CCC(Nc1nccc2c1ncn2C)C(=O)O. The van der Waals surface area contributed by atoms with Crippen molar-refractivity contribution < 1.29 is 9.90 Å². The van der Waals surface area contributed by atoms with E-state index in [1.54, 1.807) is 12.5 Å². The molecule has 0 aliphatic carbocycles. The first-order valence-electron chi connectivity index (χ1n) is 5.32. The number of aliphatic carboxylic acids is 1. The number of hydrogen-bond donors (Lipinski definition) is 2. The second kappa shape index (κ2) is 4.75. The molecule has 1 unspecified atom stereocenters. The fourth-order valence-electron chi connectivity index (χ4n) is 1.65. The van der Waals surface area contributed by atoms with Crippen molar-refractivity contribution in [2.24, 2.45) is 7.05 Å². The van der Waals surface area contributed by atoms with Gasteiger partial charge in [-0.1, -0.05) is 0 Å². The minimum absolute atomic E-state index is 0.0836. The number of carbonyl (C=O) groups is 1. The molecule has 0 spiro atoms. The number of anilines is 1. The van der Waals surface area contributed by atoms with Gasteiger partial charge in [-0.25, -0.2) is 14.8 Å². The maximum Gasteiger partial charge on any atom is 0.327 e. The molecule has 0 saturated heterocycles. The Balaban J connectivity index is 2.37. The number of hydrogen-bond acceptors (Lipinski definition) is 4. The third-order valence-electron chi connectivity index (χ3n) is 2.57. The summed E-state index contributed by atoms with van der Waals surface area (Å²) in [6, 6.07) is 0.944. The number of aryl methyl sites for hydroxylation is 1. The lowest BCUT2D eigenvalue weighted by molar-refractivity contribution is -0.137. The fraction of sp³-hybridized carbons (Fsp3) is 0.250. The van der Waals surface area contributed by atoms with Gasteiger partial charge in [-0.2, -0.15) is 0 Å². The lowest BCUT2D eigenvalue weighted by atomic mass is 10.2. The van der Waals surface area contributed by atoms with Gasteiger partial charge >= 0.3 is 5.97 Å². The Kier molecular flexibility index (Phi) is 3.15. The predicted molar refractivity (Wildman–Crippen MR) is 67.0 cm³/mol. The first kappa shape index (κ1) is 11.9. The Hall–Kier alpha value is -2.55. The Labute approximate surface area is 104 Å². The molecule has 0 aliphatic rings. The van der Waals surface area contributed by atoms with Crippen molar-refractivity contribution in [3.05, 3.63) is 18.6 Å². The molecule has 2 rings (SSSR count). The van der Waals surface area contributed by atoms with Gasteiger partial charge in [0.05, 0.1) is 11.8 Å². The summed E-state index contributed by atoms with van der Waals surface area (Å²) in [7, 11) is 1.86. The minimum Gasteiger partial charge on any atom is -0.480 e. The zero-order valence-electron chi connectivity index (χ0n) is 9.79. The first-order valence-corrected chi connectivity index (χ1v) is 5.32. The Morgan fingerprint density at radius 2 is 2.44 bits per heavy atom. The molecule has 6 heteroatoms. The number of pyridine rings is 1. The predicted octanol–water partition coefficient (Wildman–Crippen LogP) is 0.857. The van der Waals surface area contributed by atoms with E-state index in [9.17, 15) is 4.79 Å². The summed E-state index contributed by atoms with van der Waals surface area (Å²) in [4.78, 5) is 19.3. The summed E-state index contributed by atoms with van der Waals surface area (Å²) >= 11 is 0. The molecule has 0 fully saturated rings. The maximum absolute atomic E-state index is 11.0. The lowest BCUT2D eigenvalue weighted by Gasteiger charge is -2.12. The molecule has 0 bridgehead atoms. The topological polar surface area (TPSA) is 80.0 Å². The van der Waals surface area contributed by atoms with Crippen molar-refractivity contribution in [1.29, 1.82) is 0 Å². The van der Waals surface area contributed by atoms with Gasteiger partial charge in [-0.05, 0) is 6.07 Å². The minimum atomic E-state index is -1.01. The number of carboxylic acids is 1. The van der Waals surface area contributed by atoms with E-state index >= 15 is 0 Å². The summed E-state index contributed by atoms with van der Waals surface area (Å²) in [6.07, 6.45) is 8.47. The van der Waals surface area contributed by atoms with Crippen LogP contribution in [0.3, 0.4) is 0 Å². The van der Waals surface area contributed by atoms with Crippen LogP contribution in [0, 0.1) is 12.3 Å². The number of imidazole rings is 1. The van der Waals surface area contributed by atoms with E-state index in [-0.39, 0.29) is 6.42 Å². The van der Waals surface area contributed by atoms with Crippen LogP contribution in [-0.2, 0) is 11.8 Å². The number of fused-ring (bicyclic) bond motifs is 1. The van der Waals surface area contributed by atoms with Gasteiger partial charge in [0.2, 0.25) is 0 Å². The summed E-state index contributed by atoms with van der Waals surface area (Å²) < 4.78 is 1.83. The number of nitrogens with one attached hydrogen (secondary N) is 1. The van der Waals surface area contributed by atoms with Gasteiger partial charge in [-0.15, -0.1) is 12.3 Å². The highest BCUT2D eigenvalue weighted by Crippen LogP contribution is 2.19. The number of terminal acetylenes is 1. The molecular weight excluding hydrogens is 232 g/mol. The van der Waals surface area contributed by atoms with Crippen LogP contribution < -0.4 is 5.32 Å². The molecule has 92 valence electrons. The highest BCUT2D eigenvalue weighted by molar-refractivity contribution is 5.88. The number of rotatable bonds is 4. The van der Waals surface area contributed by atoms with Crippen molar-refractivity contribution in [3.8, 4) is 12.3 Å². The highest BCUT2D eigenvalue weighted by Gasteiger charge is 2.18. The van der Waals surface area contributed by atoms with Crippen LogP contribution in [0.5, 0.6) is 0 Å². The van der Waals surface area contributed by atoms with Crippen LogP contribution in [0.4, 0.5) is 5.82 Å². The zero-order valence-corrected chi connectivity index (χ0v) is 9.79. The molecular formula is C12H12N4O2. The molecule has 0 aliphatic heterocycles. The maximum atomic E-state index is 11.0. The smallest absolute Gasteiger partial charge is 0.327 e. The van der Waals surface area contributed by atoms with Gasteiger partial charge in [0.25, 0.3) is 0 Å². The zero-order chi connectivity index (χ0) is 13.1. The molecule has 1 atom stereocenters. The van der Waals surface area contributed by atoms with Crippen LogP contribution in [0.1, 0.15) is 6.42 Å². The number of aromatic nitrogens is 3. The standard InChI is InChI=1S/C12H12N4O2/c1-3-4-8(12(17)18)15-11-10-9(5-6-13-11)16(2)7-14-10/h1,5-8H,4H2,2H3,(H,13,15)(H,17,18). The van der Waals surface area contributed by atoms with Crippen molar-refractivity contribution in [2.75, 3.05) is 5.32 Å². The van der Waals surface area contributed by atoms with Crippen LogP contribution in [-0.4, -0.2) is 31.7 Å². The van der Waals surface area contributed by atoms with Crippen LogP contribution in [0.15, 0.2) is 18.6 Å². The average Bonchev–Trinajstić information content (AvgIpc) is 2.72. The fourth-order valence-corrected chi connectivity index (χ4v) is 1.65. The third-order valence-corrected chi connectivity index (χ3v) is 2.57. The third kappa shape index (κ3) is 2.11. The molecule has 0 saturated carbocycles. The van der Waals surface area contributed by atoms with Gasteiger partial charge in [0.15, 0.2) is 5.82 Å². The van der Waals surface area contributed by atoms with E-state index in [4.69, 9.17) is 11.5 Å². The number of carboxylic acid groups (broad SMARTS) is 1. The van der Waals surface area contributed by atoms with Crippen LogP contribution >= 0.6 is 0 Å². The molecule has 0 amide bonds. The highest BCUT2D eigenvalue weighted by atomic mass is 16.4. The van der Waals surface area contributed by atoms with Crippen LogP contribution in [0.2, 0.25) is 0 Å². The number of nitrogens with zero attached hydrogens (tertiary/aromatic N) is 3. The summed E-state index contributed by atoms with van der Waals surface area (Å²) in [5.41, 5.74) is 1.50. The molecule has 2 N–H and O–H groups in total. The Bertz CT molecular complexity index is 627. The summed E-state index contributed by atoms with van der Waals surface area (Å²) in [5.74, 6) is 1.74. The Morgan fingerprint density at radius 3 is 3.11 bits per heavy atom. The largest absolute Gasteiger partial charge is 0.480 e. The van der Waals surface area contributed by atoms with E-state index < -0.39 is 12.0 Å². The first-order chi connectivity index (χ1) is 8.63. The van der Waals surface area contributed by atoms with Crippen molar-refractivity contribution >= 4 is 22.8 Å². The second-order valence-corrected chi connectivity index (χ2v) is 3.83. The normalized spacial score (nSPS) is 12.0. The van der Waals surface area contributed by atoms with E-state index in [0.29, 0.717) is 11.3 Å². The Morgan fingerprint density at radius 1 is 1.67 bits per heavy atom. The van der Waals surface area contributed by atoms with E-state index in [1.807, 2.05) is 17.7 Å². The van der Waals surface area contributed by atoms with Gasteiger partial charge in [0.1, 0.15) is 11.6 Å². The van der Waals surface area contributed by atoms with E-state index in [0.717, 1.165) is 5.52 Å².